The van der Waals surface area contributed by atoms with E-state index in [0.29, 0.717) is 36.6 Å². The number of benzene rings is 2. The monoisotopic (exact) mass is 339 g/mol. The second-order valence-electron chi connectivity index (χ2n) is 5.59. The zero-order valence-electron chi connectivity index (χ0n) is 13.6. The highest BCUT2D eigenvalue weighted by Crippen LogP contribution is 2.16. The summed E-state index contributed by atoms with van der Waals surface area (Å²) in [6.07, 6.45) is 1.42. The number of aryl methyl sites for hydroxylation is 1. The second-order valence-corrected chi connectivity index (χ2v) is 5.59. The molecule has 1 aromatic heterocycles. The molecule has 5 nitrogen and oxygen atoms in total. The van der Waals surface area contributed by atoms with Gasteiger partial charge in [0.2, 0.25) is 17.7 Å². The van der Waals surface area contributed by atoms with Crippen molar-refractivity contribution in [3.63, 3.8) is 0 Å². The third-order valence-electron chi connectivity index (χ3n) is 3.73. The molecule has 0 aliphatic rings. The Labute approximate surface area is 144 Å². The number of hydrogen-bond donors (Lipinski definition) is 1. The molecule has 0 aliphatic heterocycles. The fraction of sp³-hybridized carbons (Fsp3) is 0.211. The number of nitrogens with zero attached hydrogens (tertiary/aromatic N) is 2. The van der Waals surface area contributed by atoms with Gasteiger partial charge >= 0.3 is 0 Å². The van der Waals surface area contributed by atoms with Gasteiger partial charge in [-0.25, -0.2) is 4.39 Å². The van der Waals surface area contributed by atoms with Crippen LogP contribution in [-0.2, 0) is 17.8 Å². The molecule has 2 aromatic carbocycles. The maximum Gasteiger partial charge on any atom is 0.247 e. The first-order valence-corrected chi connectivity index (χ1v) is 8.10. The summed E-state index contributed by atoms with van der Waals surface area (Å²) in [5.41, 5.74) is 1.46. The quantitative estimate of drug-likeness (QED) is 0.715. The normalized spacial score (nSPS) is 10.6. The molecule has 0 unspecified atom stereocenters. The van der Waals surface area contributed by atoms with Crippen LogP contribution in [0.15, 0.2) is 59.0 Å². The van der Waals surface area contributed by atoms with Crippen LogP contribution in [-0.4, -0.2) is 16.1 Å². The largest absolute Gasteiger partial charge is 0.419 e. The maximum atomic E-state index is 13.5. The molecule has 0 aliphatic carbocycles. The van der Waals surface area contributed by atoms with Crippen molar-refractivity contribution < 1.29 is 13.6 Å². The Morgan fingerprint density at radius 3 is 2.60 bits per heavy atom. The molecule has 0 fully saturated rings. The zero-order chi connectivity index (χ0) is 17.5. The lowest BCUT2D eigenvalue weighted by Gasteiger charge is -2.04. The lowest BCUT2D eigenvalue weighted by molar-refractivity contribution is -0.121. The number of carbonyl (C=O) groups excluding carboxylic acids is 1. The fourth-order valence-corrected chi connectivity index (χ4v) is 2.43. The van der Waals surface area contributed by atoms with Crippen LogP contribution in [0.5, 0.6) is 0 Å². The predicted molar refractivity (Wildman–Crippen MR) is 90.9 cm³/mol. The molecule has 3 rings (SSSR count). The van der Waals surface area contributed by atoms with Crippen molar-refractivity contribution >= 4 is 5.91 Å². The summed E-state index contributed by atoms with van der Waals surface area (Å²) in [6, 6.07) is 16.0. The Morgan fingerprint density at radius 2 is 1.80 bits per heavy atom. The van der Waals surface area contributed by atoms with Crippen LogP contribution in [0.4, 0.5) is 4.39 Å². The lowest BCUT2D eigenvalue weighted by atomic mass is 10.1. The molecular weight excluding hydrogens is 321 g/mol. The van der Waals surface area contributed by atoms with Crippen LogP contribution in [0.3, 0.4) is 0 Å². The van der Waals surface area contributed by atoms with Gasteiger partial charge in [0.25, 0.3) is 0 Å². The number of nitrogens with one attached hydrogen (secondary N) is 1. The molecule has 128 valence electrons. The van der Waals surface area contributed by atoms with Crippen LogP contribution in [0, 0.1) is 5.82 Å². The molecular formula is C19H18FN3O2. The van der Waals surface area contributed by atoms with Gasteiger partial charge in [0.1, 0.15) is 5.82 Å². The van der Waals surface area contributed by atoms with Gasteiger partial charge in [0.05, 0.1) is 6.54 Å². The van der Waals surface area contributed by atoms with E-state index in [9.17, 15) is 9.18 Å². The lowest BCUT2D eigenvalue weighted by Crippen LogP contribution is -2.22. The van der Waals surface area contributed by atoms with Crippen molar-refractivity contribution in [3.05, 3.63) is 71.9 Å². The van der Waals surface area contributed by atoms with E-state index in [2.05, 4.69) is 15.5 Å². The van der Waals surface area contributed by atoms with E-state index in [4.69, 9.17) is 4.42 Å². The molecule has 1 N–H and O–H groups in total. The average molecular weight is 339 g/mol. The minimum Gasteiger partial charge on any atom is -0.419 e. The fourth-order valence-electron chi connectivity index (χ4n) is 2.43. The van der Waals surface area contributed by atoms with Gasteiger partial charge in [-0.3, -0.25) is 4.79 Å². The topological polar surface area (TPSA) is 68.0 Å². The Bertz CT molecular complexity index is 833. The summed E-state index contributed by atoms with van der Waals surface area (Å²) in [5.74, 6) is 0.406. The van der Waals surface area contributed by atoms with Crippen LogP contribution >= 0.6 is 0 Å². The predicted octanol–water partition coefficient (Wildman–Crippen LogP) is 3.51. The van der Waals surface area contributed by atoms with Crippen LogP contribution < -0.4 is 5.32 Å². The zero-order valence-corrected chi connectivity index (χ0v) is 13.6. The van der Waals surface area contributed by atoms with Crippen molar-refractivity contribution in [2.24, 2.45) is 0 Å². The number of carbonyl (C=O) groups is 1. The molecule has 0 spiro atoms. The summed E-state index contributed by atoms with van der Waals surface area (Å²) >= 11 is 0. The first-order chi connectivity index (χ1) is 12.2. The molecule has 1 amide bonds. The molecule has 0 saturated carbocycles. The van der Waals surface area contributed by atoms with Crippen molar-refractivity contribution in [1.82, 2.24) is 15.5 Å². The maximum absolute atomic E-state index is 13.5. The van der Waals surface area contributed by atoms with E-state index in [0.717, 1.165) is 5.56 Å². The van der Waals surface area contributed by atoms with E-state index < -0.39 is 0 Å². The molecule has 0 radical (unpaired) electrons. The first-order valence-electron chi connectivity index (χ1n) is 8.10. The first kappa shape index (κ1) is 16.8. The second kappa shape index (κ2) is 8.19. The van der Waals surface area contributed by atoms with Gasteiger partial charge in [-0.2, -0.15) is 0 Å². The summed E-state index contributed by atoms with van der Waals surface area (Å²) in [4.78, 5) is 11.9. The van der Waals surface area contributed by atoms with Crippen LogP contribution in [0.1, 0.15) is 24.3 Å². The van der Waals surface area contributed by atoms with Gasteiger partial charge in [-0.1, -0.05) is 36.4 Å². The Balaban J connectivity index is 1.44. The van der Waals surface area contributed by atoms with E-state index >= 15 is 0 Å². The van der Waals surface area contributed by atoms with E-state index in [1.165, 1.54) is 6.07 Å². The summed E-state index contributed by atoms with van der Waals surface area (Å²) in [5, 5.41) is 10.6. The highest BCUT2D eigenvalue weighted by molar-refractivity contribution is 5.75. The van der Waals surface area contributed by atoms with Gasteiger partial charge in [0, 0.05) is 12.0 Å². The summed E-state index contributed by atoms with van der Waals surface area (Å²) < 4.78 is 19.0. The van der Waals surface area contributed by atoms with Crippen molar-refractivity contribution in [1.29, 1.82) is 0 Å². The number of amides is 1. The Hall–Kier alpha value is -3.02. The van der Waals surface area contributed by atoms with Gasteiger partial charge in [-0.05, 0) is 36.6 Å². The van der Waals surface area contributed by atoms with E-state index in [1.54, 1.807) is 18.2 Å². The van der Waals surface area contributed by atoms with Gasteiger partial charge < -0.3 is 9.73 Å². The third-order valence-corrected chi connectivity index (χ3v) is 3.73. The molecule has 1 heterocycles. The number of halogens is 1. The number of rotatable bonds is 7. The highest BCUT2D eigenvalue weighted by Gasteiger charge is 2.10. The number of hydrogen-bond acceptors (Lipinski definition) is 4. The minimum absolute atomic E-state index is 0.129. The highest BCUT2D eigenvalue weighted by atomic mass is 19.1. The standard InChI is InChI=1S/C19H18FN3O2/c20-16-11-5-4-7-14(16)10-6-12-17(24)21-13-18-22-23-19(25-18)15-8-2-1-3-9-15/h1-5,7-9,11H,6,10,12-13H2,(H,21,24). The molecule has 0 bridgehead atoms. The van der Waals surface area contributed by atoms with Crippen LogP contribution in [0.25, 0.3) is 11.5 Å². The third kappa shape index (κ3) is 4.73. The Morgan fingerprint density at radius 1 is 1.04 bits per heavy atom. The molecule has 25 heavy (non-hydrogen) atoms. The van der Waals surface area contributed by atoms with E-state index in [1.807, 2.05) is 30.3 Å². The SMILES string of the molecule is O=C(CCCc1ccccc1F)NCc1nnc(-c2ccccc2)o1. The van der Waals surface area contributed by atoms with Crippen molar-refractivity contribution in [3.8, 4) is 11.5 Å². The summed E-state index contributed by atoms with van der Waals surface area (Å²) in [7, 11) is 0. The molecule has 3 aromatic rings. The van der Waals surface area contributed by atoms with Crippen LogP contribution in [0.2, 0.25) is 0 Å². The molecule has 0 saturated heterocycles. The minimum atomic E-state index is -0.234. The van der Waals surface area contributed by atoms with E-state index in [-0.39, 0.29) is 18.3 Å². The van der Waals surface area contributed by atoms with Gasteiger partial charge in [0.15, 0.2) is 0 Å². The molecule has 6 heteroatoms. The van der Waals surface area contributed by atoms with Crippen molar-refractivity contribution in [2.45, 2.75) is 25.8 Å². The smallest absolute Gasteiger partial charge is 0.247 e. The Kier molecular flexibility index (Phi) is 5.51. The summed E-state index contributed by atoms with van der Waals surface area (Å²) in [6.45, 7) is 0.179. The average Bonchev–Trinajstić information content (AvgIpc) is 3.11. The number of aromatic nitrogens is 2. The van der Waals surface area contributed by atoms with Gasteiger partial charge in [-0.15, -0.1) is 10.2 Å². The van der Waals surface area contributed by atoms with Crippen molar-refractivity contribution in [2.75, 3.05) is 0 Å². The molecule has 0 atom stereocenters.